The highest BCUT2D eigenvalue weighted by molar-refractivity contribution is 6.32. The van der Waals surface area contributed by atoms with E-state index in [1.165, 1.54) is 41.5 Å². The minimum Gasteiger partial charge on any atom is -0.343 e. The lowest BCUT2D eigenvalue weighted by Gasteiger charge is -2.22. The zero-order chi connectivity index (χ0) is 27.4. The van der Waals surface area contributed by atoms with E-state index in [-0.39, 0.29) is 18.2 Å². The number of benzene rings is 1. The van der Waals surface area contributed by atoms with E-state index in [9.17, 15) is 22.8 Å². The molecule has 3 heterocycles. The SMILES string of the molecule is N=CCC(=O)NC(Cn1c(-c2ccc(Cl)cc2)nn(Cc2ncn(-c3ncccc3Cl)n2)c1=O)C(F)(F)F. The largest absolute Gasteiger partial charge is 0.410 e. The second kappa shape index (κ2) is 11.1. The van der Waals surface area contributed by atoms with Gasteiger partial charge in [-0.25, -0.2) is 24.1 Å². The van der Waals surface area contributed by atoms with Crippen LogP contribution in [0.3, 0.4) is 0 Å². The second-order valence-electron chi connectivity index (χ2n) is 7.87. The highest BCUT2D eigenvalue weighted by Crippen LogP contribution is 2.24. The summed E-state index contributed by atoms with van der Waals surface area (Å²) < 4.78 is 44.4. The van der Waals surface area contributed by atoms with Gasteiger partial charge in [-0.1, -0.05) is 23.2 Å². The summed E-state index contributed by atoms with van der Waals surface area (Å²) in [6.45, 7) is -1.24. The van der Waals surface area contributed by atoms with Gasteiger partial charge < -0.3 is 10.7 Å². The van der Waals surface area contributed by atoms with Crippen LogP contribution in [0.5, 0.6) is 0 Å². The Morgan fingerprint density at radius 1 is 1.13 bits per heavy atom. The number of nitrogens with one attached hydrogen (secondary N) is 2. The van der Waals surface area contributed by atoms with E-state index < -0.39 is 36.8 Å². The topological polar surface area (TPSA) is 136 Å². The fourth-order valence-corrected chi connectivity index (χ4v) is 3.77. The third-order valence-corrected chi connectivity index (χ3v) is 5.74. The molecule has 3 aromatic heterocycles. The highest BCUT2D eigenvalue weighted by atomic mass is 35.5. The van der Waals surface area contributed by atoms with Gasteiger partial charge in [0.1, 0.15) is 18.9 Å². The predicted octanol–water partition coefficient (Wildman–Crippen LogP) is 3.13. The molecule has 4 rings (SSSR count). The maximum Gasteiger partial charge on any atom is 0.410 e. The first-order valence-corrected chi connectivity index (χ1v) is 11.6. The van der Waals surface area contributed by atoms with Gasteiger partial charge in [-0.05, 0) is 36.4 Å². The van der Waals surface area contributed by atoms with Crippen molar-refractivity contribution in [2.75, 3.05) is 0 Å². The Hall–Kier alpha value is -4.04. The summed E-state index contributed by atoms with van der Waals surface area (Å²) in [5.41, 5.74) is -0.575. The zero-order valence-corrected chi connectivity index (χ0v) is 20.7. The van der Waals surface area contributed by atoms with Crippen LogP contribution >= 0.6 is 23.2 Å². The van der Waals surface area contributed by atoms with Gasteiger partial charge in [0.25, 0.3) is 0 Å². The molecular formula is C22H18Cl2F3N9O2. The minimum absolute atomic E-state index is 0.0885. The fourth-order valence-electron chi connectivity index (χ4n) is 3.43. The zero-order valence-electron chi connectivity index (χ0n) is 19.2. The van der Waals surface area contributed by atoms with Crippen LogP contribution in [0.1, 0.15) is 12.2 Å². The Kier molecular flexibility index (Phi) is 7.92. The summed E-state index contributed by atoms with van der Waals surface area (Å²) in [6.07, 6.45) is -1.93. The molecule has 1 aromatic carbocycles. The first-order valence-electron chi connectivity index (χ1n) is 10.9. The third-order valence-electron chi connectivity index (χ3n) is 5.19. The maximum absolute atomic E-state index is 13.8. The number of rotatable bonds is 9. The molecule has 198 valence electrons. The van der Waals surface area contributed by atoms with Gasteiger partial charge in [-0.3, -0.25) is 9.36 Å². The van der Waals surface area contributed by atoms with Crippen molar-refractivity contribution >= 4 is 35.3 Å². The molecule has 0 aliphatic carbocycles. The fraction of sp³-hybridized carbons (Fsp3) is 0.227. The van der Waals surface area contributed by atoms with Gasteiger partial charge in [0.2, 0.25) is 5.91 Å². The molecule has 2 N–H and O–H groups in total. The lowest BCUT2D eigenvalue weighted by atomic mass is 10.2. The Bertz CT molecular complexity index is 1510. The number of pyridine rings is 1. The Balaban J connectivity index is 1.72. The van der Waals surface area contributed by atoms with Crippen LogP contribution in [-0.2, 0) is 17.9 Å². The summed E-state index contributed by atoms with van der Waals surface area (Å²) in [7, 11) is 0. The van der Waals surface area contributed by atoms with E-state index in [1.54, 1.807) is 12.1 Å². The maximum atomic E-state index is 13.8. The molecule has 0 radical (unpaired) electrons. The number of aromatic nitrogens is 7. The molecule has 0 bridgehead atoms. The summed E-state index contributed by atoms with van der Waals surface area (Å²) in [6, 6.07) is 6.81. The standard InChI is InChI=1S/C22H18Cl2F3N9O2/c23-14-5-3-13(4-6-14)19-33-35(11-17-30-12-36(32-17)20-15(24)2-1-9-29-20)21(38)34(19)10-16(22(25,26)27)31-18(37)7-8-28/h1-6,8-9,12,16,28H,7,10-11H2,(H,31,37). The molecule has 1 atom stereocenters. The van der Waals surface area contributed by atoms with Crippen molar-refractivity contribution in [3.8, 4) is 17.2 Å². The van der Waals surface area contributed by atoms with E-state index in [0.717, 1.165) is 9.25 Å². The van der Waals surface area contributed by atoms with Crippen LogP contribution in [0.25, 0.3) is 17.2 Å². The monoisotopic (exact) mass is 567 g/mol. The quantitative estimate of drug-likeness (QED) is 0.298. The average Bonchev–Trinajstić information content (AvgIpc) is 3.44. The molecule has 1 amide bonds. The van der Waals surface area contributed by atoms with E-state index in [1.807, 2.05) is 5.32 Å². The number of alkyl halides is 3. The van der Waals surface area contributed by atoms with Crippen molar-refractivity contribution < 1.29 is 18.0 Å². The molecule has 16 heteroatoms. The number of hydrogen-bond donors (Lipinski definition) is 2. The molecule has 0 saturated carbocycles. The molecule has 0 aliphatic rings. The Morgan fingerprint density at radius 3 is 2.53 bits per heavy atom. The minimum atomic E-state index is -4.89. The van der Waals surface area contributed by atoms with Crippen LogP contribution in [0.2, 0.25) is 10.0 Å². The van der Waals surface area contributed by atoms with Crippen molar-refractivity contribution in [1.82, 2.24) is 39.4 Å². The second-order valence-corrected chi connectivity index (χ2v) is 8.71. The summed E-state index contributed by atoms with van der Waals surface area (Å²) in [4.78, 5) is 33.3. The van der Waals surface area contributed by atoms with Gasteiger partial charge in [0, 0.05) is 23.0 Å². The molecule has 4 aromatic rings. The molecule has 38 heavy (non-hydrogen) atoms. The normalized spacial score (nSPS) is 12.3. The van der Waals surface area contributed by atoms with E-state index in [0.29, 0.717) is 27.6 Å². The summed E-state index contributed by atoms with van der Waals surface area (Å²) in [5.74, 6) is -0.692. The van der Waals surface area contributed by atoms with Crippen molar-refractivity contribution in [3.05, 3.63) is 75.3 Å². The number of carbonyl (C=O) groups excluding carboxylic acids is 1. The van der Waals surface area contributed by atoms with Crippen LogP contribution < -0.4 is 11.0 Å². The van der Waals surface area contributed by atoms with Gasteiger partial charge in [-0.15, -0.1) is 10.2 Å². The number of nitrogens with zero attached hydrogens (tertiary/aromatic N) is 7. The summed E-state index contributed by atoms with van der Waals surface area (Å²) >= 11 is 12.1. The molecule has 0 aliphatic heterocycles. The first-order chi connectivity index (χ1) is 18.1. The van der Waals surface area contributed by atoms with Crippen molar-refractivity contribution in [3.63, 3.8) is 0 Å². The van der Waals surface area contributed by atoms with Gasteiger partial charge in [0.05, 0.1) is 18.0 Å². The average molecular weight is 568 g/mol. The van der Waals surface area contributed by atoms with Crippen molar-refractivity contribution in [2.24, 2.45) is 0 Å². The number of halogens is 5. The van der Waals surface area contributed by atoms with E-state index in [2.05, 4.69) is 20.2 Å². The van der Waals surface area contributed by atoms with Crippen LogP contribution in [0.4, 0.5) is 13.2 Å². The lowest BCUT2D eigenvalue weighted by Crippen LogP contribution is -2.49. The molecule has 11 nitrogen and oxygen atoms in total. The highest BCUT2D eigenvalue weighted by Gasteiger charge is 2.41. The number of carbonyl (C=O) groups is 1. The molecular weight excluding hydrogens is 550 g/mol. The van der Waals surface area contributed by atoms with Crippen LogP contribution in [0, 0.1) is 5.41 Å². The first kappa shape index (κ1) is 27.0. The van der Waals surface area contributed by atoms with E-state index >= 15 is 0 Å². The molecule has 1 unspecified atom stereocenters. The number of amides is 1. The smallest absolute Gasteiger partial charge is 0.343 e. The van der Waals surface area contributed by atoms with E-state index in [4.69, 9.17) is 28.6 Å². The lowest BCUT2D eigenvalue weighted by molar-refractivity contribution is -0.164. The van der Waals surface area contributed by atoms with Gasteiger partial charge in [-0.2, -0.15) is 13.2 Å². The number of hydrogen-bond acceptors (Lipinski definition) is 7. The predicted molar refractivity (Wildman–Crippen MR) is 132 cm³/mol. The Morgan fingerprint density at radius 2 is 1.87 bits per heavy atom. The Labute approximate surface area is 222 Å². The molecule has 0 fully saturated rings. The molecule has 0 saturated heterocycles. The summed E-state index contributed by atoms with van der Waals surface area (Å²) in [5, 5.41) is 17.9. The third kappa shape index (κ3) is 6.08. The van der Waals surface area contributed by atoms with Gasteiger partial charge >= 0.3 is 11.9 Å². The van der Waals surface area contributed by atoms with Crippen LogP contribution in [-0.4, -0.2) is 58.4 Å². The van der Waals surface area contributed by atoms with Crippen molar-refractivity contribution in [1.29, 1.82) is 5.41 Å². The van der Waals surface area contributed by atoms with Crippen molar-refractivity contribution in [2.45, 2.75) is 31.7 Å². The molecule has 0 spiro atoms. The van der Waals surface area contributed by atoms with Crippen LogP contribution in [0.15, 0.2) is 53.7 Å². The van der Waals surface area contributed by atoms with Gasteiger partial charge in [0.15, 0.2) is 17.5 Å².